The summed E-state index contributed by atoms with van der Waals surface area (Å²) in [6, 6.07) is 18.8. The predicted molar refractivity (Wildman–Crippen MR) is 100 cm³/mol. The highest BCUT2D eigenvalue weighted by molar-refractivity contribution is 5.92. The molecule has 0 heterocycles. The molecule has 0 saturated heterocycles. The first-order chi connectivity index (χ1) is 12.2. The van der Waals surface area contributed by atoms with Crippen molar-refractivity contribution in [1.29, 1.82) is 0 Å². The number of ether oxygens (including phenoxy) is 2. The minimum Gasteiger partial charge on any atom is -0.452 e. The Bertz CT molecular complexity index is 707. The second-order valence-electron chi connectivity index (χ2n) is 6.93. The largest absolute Gasteiger partial charge is 0.452 e. The van der Waals surface area contributed by atoms with Crippen molar-refractivity contribution in [2.45, 2.75) is 38.9 Å². The van der Waals surface area contributed by atoms with Crippen LogP contribution in [0.3, 0.4) is 0 Å². The molecule has 0 aliphatic carbocycles. The molecule has 0 atom stereocenters. The molecule has 0 bridgehead atoms. The van der Waals surface area contributed by atoms with Crippen LogP contribution in [0.1, 0.15) is 38.8 Å². The van der Waals surface area contributed by atoms with Gasteiger partial charge in [0.05, 0.1) is 0 Å². The Balaban J connectivity index is 1.96. The van der Waals surface area contributed by atoms with Crippen LogP contribution in [0.4, 0.5) is 0 Å². The number of rotatable bonds is 6. The van der Waals surface area contributed by atoms with Crippen molar-refractivity contribution in [2.75, 3.05) is 0 Å². The maximum absolute atomic E-state index is 12.1. The van der Waals surface area contributed by atoms with Gasteiger partial charge in [-0.05, 0) is 38.8 Å². The molecule has 2 aromatic rings. The molecule has 4 nitrogen and oxygen atoms in total. The maximum atomic E-state index is 12.1. The Kier molecular flexibility index (Phi) is 5.98. The molecule has 2 rings (SSSR count). The van der Waals surface area contributed by atoms with Crippen LogP contribution in [0.25, 0.3) is 0 Å². The lowest BCUT2D eigenvalue weighted by Crippen LogP contribution is -2.26. The Hall–Kier alpha value is -2.88. The van der Waals surface area contributed by atoms with Crippen LogP contribution in [-0.2, 0) is 30.3 Å². The predicted octanol–water partition coefficient (Wildman–Crippen LogP) is 4.50. The summed E-state index contributed by atoms with van der Waals surface area (Å²) in [6.45, 7) is 7.19. The fourth-order valence-electron chi connectivity index (χ4n) is 2.50. The van der Waals surface area contributed by atoms with Gasteiger partial charge in [0.25, 0.3) is 0 Å². The highest BCUT2D eigenvalue weighted by Crippen LogP contribution is 2.25. The number of carbonyl (C=O) groups is 2. The van der Waals surface area contributed by atoms with Crippen molar-refractivity contribution < 1.29 is 19.1 Å². The van der Waals surface area contributed by atoms with Gasteiger partial charge in [0.1, 0.15) is 11.2 Å². The number of carbonyl (C=O) groups excluding carboxylic acids is 2. The van der Waals surface area contributed by atoms with Gasteiger partial charge in [0.15, 0.2) is 0 Å². The topological polar surface area (TPSA) is 52.6 Å². The van der Waals surface area contributed by atoms with E-state index in [9.17, 15) is 9.59 Å². The van der Waals surface area contributed by atoms with Gasteiger partial charge in [-0.2, -0.15) is 0 Å². The zero-order chi connectivity index (χ0) is 19.2. The van der Waals surface area contributed by atoms with Gasteiger partial charge in [-0.1, -0.05) is 60.7 Å². The zero-order valence-corrected chi connectivity index (χ0v) is 15.6. The van der Waals surface area contributed by atoms with Crippen molar-refractivity contribution in [3.8, 4) is 0 Å². The van der Waals surface area contributed by atoms with E-state index in [0.29, 0.717) is 0 Å². The average molecular weight is 352 g/mol. The summed E-state index contributed by atoms with van der Waals surface area (Å²) in [5.74, 6) is -1.21. The minimum absolute atomic E-state index is 0.603. The number of benzene rings is 2. The summed E-state index contributed by atoms with van der Waals surface area (Å²) in [7, 11) is 0. The number of hydrogen-bond donors (Lipinski definition) is 0. The molecule has 4 heteroatoms. The maximum Gasteiger partial charge on any atom is 0.331 e. The first-order valence-corrected chi connectivity index (χ1v) is 8.46. The summed E-state index contributed by atoms with van der Waals surface area (Å²) >= 11 is 0. The standard InChI is InChI=1S/C22H24O4/c1-21(2,17-11-7-5-8-12-17)25-19(23)15-16-20(24)26-22(3,4)18-13-9-6-10-14-18/h5-16H,1-4H3/b16-15+. The Morgan fingerprint density at radius 1 is 0.654 bits per heavy atom. The monoisotopic (exact) mass is 352 g/mol. The first kappa shape index (κ1) is 19.4. The average Bonchev–Trinajstić information content (AvgIpc) is 2.61. The molecule has 26 heavy (non-hydrogen) atoms. The van der Waals surface area contributed by atoms with Gasteiger partial charge in [-0.15, -0.1) is 0 Å². The van der Waals surface area contributed by atoms with Crippen LogP contribution in [-0.4, -0.2) is 11.9 Å². The van der Waals surface area contributed by atoms with Crippen LogP contribution in [0.15, 0.2) is 72.8 Å². The first-order valence-electron chi connectivity index (χ1n) is 8.46. The molecular weight excluding hydrogens is 328 g/mol. The Morgan fingerprint density at radius 3 is 1.27 bits per heavy atom. The molecule has 0 amide bonds. The van der Waals surface area contributed by atoms with E-state index in [1.165, 1.54) is 0 Å². The van der Waals surface area contributed by atoms with Gasteiger partial charge in [0.2, 0.25) is 0 Å². The smallest absolute Gasteiger partial charge is 0.331 e. The lowest BCUT2D eigenvalue weighted by Gasteiger charge is -2.25. The van der Waals surface area contributed by atoms with Crippen molar-refractivity contribution >= 4 is 11.9 Å². The highest BCUT2D eigenvalue weighted by Gasteiger charge is 2.26. The van der Waals surface area contributed by atoms with Gasteiger partial charge < -0.3 is 9.47 Å². The van der Waals surface area contributed by atoms with E-state index in [4.69, 9.17) is 9.47 Å². The lowest BCUT2D eigenvalue weighted by molar-refractivity contribution is -0.154. The van der Waals surface area contributed by atoms with Crippen LogP contribution < -0.4 is 0 Å². The molecule has 0 fully saturated rings. The molecule has 0 unspecified atom stereocenters. The zero-order valence-electron chi connectivity index (χ0n) is 15.6. The summed E-state index contributed by atoms with van der Waals surface area (Å²) in [4.78, 5) is 24.1. The number of hydrogen-bond acceptors (Lipinski definition) is 4. The SMILES string of the molecule is CC(C)(OC(=O)/C=C/C(=O)OC(C)(C)c1ccccc1)c1ccccc1. The van der Waals surface area contributed by atoms with Crippen LogP contribution in [0, 0.1) is 0 Å². The third-order valence-electron chi connectivity index (χ3n) is 4.00. The Labute approximate surface area is 154 Å². The molecule has 2 aromatic carbocycles. The second-order valence-corrected chi connectivity index (χ2v) is 6.93. The summed E-state index contributed by atoms with van der Waals surface area (Å²) in [5.41, 5.74) is 0.148. The van der Waals surface area contributed by atoms with E-state index in [1.807, 2.05) is 60.7 Å². The van der Waals surface area contributed by atoms with E-state index >= 15 is 0 Å². The lowest BCUT2D eigenvalue weighted by atomic mass is 9.98. The number of esters is 2. The summed E-state index contributed by atoms with van der Waals surface area (Å²) in [5, 5.41) is 0. The van der Waals surface area contributed by atoms with Crippen LogP contribution >= 0.6 is 0 Å². The van der Waals surface area contributed by atoms with Gasteiger partial charge in [0, 0.05) is 12.2 Å². The molecule has 0 aromatic heterocycles. The minimum atomic E-state index is -0.796. The quantitative estimate of drug-likeness (QED) is 0.567. The fourth-order valence-corrected chi connectivity index (χ4v) is 2.50. The molecular formula is C22H24O4. The molecule has 0 radical (unpaired) electrons. The fraction of sp³-hybridized carbons (Fsp3) is 0.273. The van der Waals surface area contributed by atoms with Crippen molar-refractivity contribution in [3.05, 3.63) is 83.9 Å². The van der Waals surface area contributed by atoms with Gasteiger partial charge >= 0.3 is 11.9 Å². The third-order valence-corrected chi connectivity index (χ3v) is 4.00. The van der Waals surface area contributed by atoms with Crippen LogP contribution in [0.5, 0.6) is 0 Å². The molecule has 0 aliphatic rings. The van der Waals surface area contributed by atoms with E-state index in [0.717, 1.165) is 23.3 Å². The van der Waals surface area contributed by atoms with E-state index in [1.54, 1.807) is 27.7 Å². The molecule has 0 N–H and O–H groups in total. The van der Waals surface area contributed by atoms with Crippen molar-refractivity contribution in [2.24, 2.45) is 0 Å². The van der Waals surface area contributed by atoms with Gasteiger partial charge in [-0.25, -0.2) is 9.59 Å². The summed E-state index contributed by atoms with van der Waals surface area (Å²) in [6.07, 6.45) is 2.18. The Morgan fingerprint density at radius 2 is 0.962 bits per heavy atom. The van der Waals surface area contributed by atoms with Gasteiger partial charge in [-0.3, -0.25) is 0 Å². The molecule has 136 valence electrons. The van der Waals surface area contributed by atoms with Crippen molar-refractivity contribution in [1.82, 2.24) is 0 Å². The highest BCUT2D eigenvalue weighted by atomic mass is 16.6. The summed E-state index contributed by atoms with van der Waals surface area (Å²) < 4.78 is 10.9. The second kappa shape index (κ2) is 8.00. The van der Waals surface area contributed by atoms with E-state index < -0.39 is 23.1 Å². The van der Waals surface area contributed by atoms with E-state index in [2.05, 4.69) is 0 Å². The third kappa shape index (κ3) is 5.31. The van der Waals surface area contributed by atoms with Crippen molar-refractivity contribution in [3.63, 3.8) is 0 Å². The molecule has 0 aliphatic heterocycles. The normalized spacial score (nSPS) is 12.0. The molecule has 0 spiro atoms. The molecule has 0 saturated carbocycles. The van der Waals surface area contributed by atoms with E-state index in [-0.39, 0.29) is 0 Å². The van der Waals surface area contributed by atoms with Crippen LogP contribution in [0.2, 0.25) is 0 Å².